The molecule has 2 heterocycles. The largest absolute Gasteiger partial charge is 0.486 e. The van der Waals surface area contributed by atoms with Gasteiger partial charge in [-0.05, 0) is 29.3 Å². The molecule has 162 valence electrons. The van der Waals surface area contributed by atoms with Crippen LogP contribution in [0.1, 0.15) is 33.1 Å². The lowest BCUT2D eigenvalue weighted by atomic mass is 9.96. The first-order valence-corrected chi connectivity index (χ1v) is 11.1. The van der Waals surface area contributed by atoms with Gasteiger partial charge in [0.25, 0.3) is 5.91 Å². The lowest BCUT2D eigenvalue weighted by Gasteiger charge is -2.40. The predicted molar refractivity (Wildman–Crippen MR) is 123 cm³/mol. The van der Waals surface area contributed by atoms with Gasteiger partial charge in [-0.15, -0.1) is 0 Å². The summed E-state index contributed by atoms with van der Waals surface area (Å²) in [6.45, 7) is 3.05. The van der Waals surface area contributed by atoms with Crippen molar-refractivity contribution >= 4 is 11.7 Å². The number of ketones is 1. The molecule has 0 N–H and O–H groups in total. The van der Waals surface area contributed by atoms with Crippen LogP contribution in [0.2, 0.25) is 0 Å². The second-order valence-corrected chi connectivity index (χ2v) is 8.38. The van der Waals surface area contributed by atoms with E-state index in [2.05, 4.69) is 53.4 Å². The molecular weight excluding hydrogens is 400 g/mol. The average molecular weight is 427 g/mol. The fourth-order valence-electron chi connectivity index (χ4n) is 4.66. The normalized spacial score (nSPS) is 16.5. The summed E-state index contributed by atoms with van der Waals surface area (Å²) < 4.78 is 5.46. The van der Waals surface area contributed by atoms with Gasteiger partial charge in [-0.2, -0.15) is 0 Å². The Morgan fingerprint density at radius 2 is 1.44 bits per heavy atom. The SMILES string of the molecule is O=C1COc2ccc(C(=O)N3CCN(C(c4ccccc4)c4ccccc4)CC3)cc2C1. The summed E-state index contributed by atoms with van der Waals surface area (Å²) in [6, 6.07) is 26.7. The van der Waals surface area contributed by atoms with Crippen molar-refractivity contribution in [3.63, 3.8) is 0 Å². The minimum Gasteiger partial charge on any atom is -0.486 e. The number of carbonyl (C=O) groups excluding carboxylic acids is 2. The van der Waals surface area contributed by atoms with E-state index in [0.717, 1.165) is 18.7 Å². The van der Waals surface area contributed by atoms with Crippen molar-refractivity contribution in [3.05, 3.63) is 101 Å². The van der Waals surface area contributed by atoms with E-state index in [1.165, 1.54) is 11.1 Å². The lowest BCUT2D eigenvalue weighted by Crippen LogP contribution is -2.49. The number of nitrogens with zero attached hydrogens (tertiary/aromatic N) is 2. The zero-order valence-electron chi connectivity index (χ0n) is 17.9. The van der Waals surface area contributed by atoms with Crippen LogP contribution in [0.4, 0.5) is 0 Å². The summed E-state index contributed by atoms with van der Waals surface area (Å²) >= 11 is 0. The first-order valence-electron chi connectivity index (χ1n) is 11.1. The minimum absolute atomic E-state index is 0.0152. The second-order valence-electron chi connectivity index (χ2n) is 8.38. The summed E-state index contributed by atoms with van der Waals surface area (Å²) in [5, 5.41) is 0. The van der Waals surface area contributed by atoms with E-state index in [1.54, 1.807) is 6.07 Å². The summed E-state index contributed by atoms with van der Waals surface area (Å²) in [7, 11) is 0. The number of Topliss-reactive ketones (excluding diaryl/α,β-unsaturated/α-hetero) is 1. The van der Waals surface area contributed by atoms with Crippen LogP contribution in [0.5, 0.6) is 5.75 Å². The van der Waals surface area contributed by atoms with E-state index in [0.29, 0.717) is 30.8 Å². The summed E-state index contributed by atoms with van der Waals surface area (Å²) in [5.41, 5.74) is 3.95. The maximum absolute atomic E-state index is 13.2. The molecule has 2 aliphatic heterocycles. The highest BCUT2D eigenvalue weighted by Gasteiger charge is 2.29. The van der Waals surface area contributed by atoms with Crippen LogP contribution >= 0.6 is 0 Å². The molecule has 1 fully saturated rings. The van der Waals surface area contributed by atoms with Crippen molar-refractivity contribution in [2.24, 2.45) is 0 Å². The number of amides is 1. The van der Waals surface area contributed by atoms with Crippen LogP contribution in [-0.4, -0.2) is 54.3 Å². The van der Waals surface area contributed by atoms with Crippen molar-refractivity contribution in [1.29, 1.82) is 0 Å². The molecule has 3 aromatic rings. The van der Waals surface area contributed by atoms with Crippen molar-refractivity contribution in [2.75, 3.05) is 32.8 Å². The maximum atomic E-state index is 13.2. The number of carbonyl (C=O) groups is 2. The quantitative estimate of drug-likeness (QED) is 0.638. The number of hydrogen-bond donors (Lipinski definition) is 0. The standard InChI is InChI=1S/C27H26N2O3/c30-24-18-23-17-22(11-12-25(23)32-19-24)27(31)29-15-13-28(14-16-29)26(20-7-3-1-4-8-20)21-9-5-2-6-10-21/h1-12,17,26H,13-16,18-19H2. The van der Waals surface area contributed by atoms with Crippen molar-refractivity contribution in [2.45, 2.75) is 12.5 Å². The molecule has 0 bridgehead atoms. The van der Waals surface area contributed by atoms with Crippen LogP contribution < -0.4 is 4.74 Å². The highest BCUT2D eigenvalue weighted by atomic mass is 16.5. The number of hydrogen-bond acceptors (Lipinski definition) is 4. The van der Waals surface area contributed by atoms with Crippen LogP contribution in [-0.2, 0) is 11.2 Å². The number of benzene rings is 3. The van der Waals surface area contributed by atoms with Gasteiger partial charge in [0.15, 0.2) is 5.78 Å². The monoisotopic (exact) mass is 426 g/mol. The Bertz CT molecular complexity index is 1070. The van der Waals surface area contributed by atoms with E-state index < -0.39 is 0 Å². The van der Waals surface area contributed by atoms with Crippen molar-refractivity contribution in [1.82, 2.24) is 9.80 Å². The number of rotatable bonds is 4. The molecule has 32 heavy (non-hydrogen) atoms. The molecule has 0 unspecified atom stereocenters. The zero-order chi connectivity index (χ0) is 21.9. The highest BCUT2D eigenvalue weighted by Crippen LogP contribution is 2.30. The third kappa shape index (κ3) is 4.16. The second kappa shape index (κ2) is 8.97. The number of piperazine rings is 1. The van der Waals surface area contributed by atoms with Gasteiger partial charge in [0.1, 0.15) is 12.4 Å². The van der Waals surface area contributed by atoms with Crippen molar-refractivity contribution in [3.8, 4) is 5.75 Å². The van der Waals surface area contributed by atoms with Gasteiger partial charge in [-0.1, -0.05) is 60.7 Å². The number of ether oxygens (including phenoxy) is 1. The molecule has 0 aliphatic carbocycles. The molecule has 5 nitrogen and oxygen atoms in total. The van der Waals surface area contributed by atoms with Gasteiger partial charge < -0.3 is 9.64 Å². The Hall–Kier alpha value is -3.44. The lowest BCUT2D eigenvalue weighted by molar-refractivity contribution is -0.121. The van der Waals surface area contributed by atoms with Crippen LogP contribution in [0.25, 0.3) is 0 Å². The molecule has 3 aromatic carbocycles. The Morgan fingerprint density at radius 3 is 2.06 bits per heavy atom. The maximum Gasteiger partial charge on any atom is 0.253 e. The van der Waals surface area contributed by atoms with E-state index >= 15 is 0 Å². The van der Waals surface area contributed by atoms with Crippen LogP contribution in [0.15, 0.2) is 78.9 Å². The van der Waals surface area contributed by atoms with E-state index in [1.807, 2.05) is 29.2 Å². The van der Waals surface area contributed by atoms with Gasteiger partial charge in [0.05, 0.1) is 6.04 Å². The molecule has 2 aliphatic rings. The molecule has 0 atom stereocenters. The predicted octanol–water partition coefficient (Wildman–Crippen LogP) is 3.74. The Morgan fingerprint density at radius 1 is 0.812 bits per heavy atom. The third-order valence-corrected chi connectivity index (χ3v) is 6.28. The molecule has 1 amide bonds. The zero-order valence-corrected chi connectivity index (χ0v) is 17.9. The minimum atomic E-state index is 0.0152. The molecule has 0 spiro atoms. The molecular formula is C27H26N2O3. The first kappa shape index (κ1) is 20.5. The third-order valence-electron chi connectivity index (χ3n) is 6.28. The van der Waals surface area contributed by atoms with Crippen molar-refractivity contribution < 1.29 is 14.3 Å². The molecule has 0 radical (unpaired) electrons. The van der Waals surface area contributed by atoms with Crippen LogP contribution in [0, 0.1) is 0 Å². The molecule has 5 rings (SSSR count). The Balaban J connectivity index is 1.31. The first-order chi connectivity index (χ1) is 15.7. The van der Waals surface area contributed by atoms with E-state index in [-0.39, 0.29) is 24.3 Å². The molecule has 5 heteroatoms. The van der Waals surface area contributed by atoms with Gasteiger partial charge in [-0.3, -0.25) is 14.5 Å². The van der Waals surface area contributed by atoms with Gasteiger partial charge in [0, 0.05) is 43.7 Å². The summed E-state index contributed by atoms with van der Waals surface area (Å²) in [6.07, 6.45) is 0.333. The molecule has 1 saturated heterocycles. The summed E-state index contributed by atoms with van der Waals surface area (Å²) in [5.74, 6) is 0.768. The fraction of sp³-hybridized carbons (Fsp3) is 0.259. The Labute approximate surface area is 188 Å². The highest BCUT2D eigenvalue weighted by molar-refractivity contribution is 5.95. The topological polar surface area (TPSA) is 49.9 Å². The number of fused-ring (bicyclic) bond motifs is 1. The van der Waals surface area contributed by atoms with Gasteiger partial charge in [-0.25, -0.2) is 0 Å². The smallest absolute Gasteiger partial charge is 0.253 e. The summed E-state index contributed by atoms with van der Waals surface area (Å²) in [4.78, 5) is 29.2. The van der Waals surface area contributed by atoms with E-state index in [4.69, 9.17) is 4.74 Å². The van der Waals surface area contributed by atoms with Gasteiger partial charge >= 0.3 is 0 Å². The average Bonchev–Trinajstić information content (AvgIpc) is 2.85. The fourth-order valence-corrected chi connectivity index (χ4v) is 4.66. The van der Waals surface area contributed by atoms with E-state index in [9.17, 15) is 9.59 Å². The van der Waals surface area contributed by atoms with Crippen LogP contribution in [0.3, 0.4) is 0 Å². The van der Waals surface area contributed by atoms with Gasteiger partial charge in [0.2, 0.25) is 0 Å². The molecule has 0 saturated carbocycles. The Kier molecular flexibility index (Phi) is 5.73. The molecule has 0 aromatic heterocycles.